The first kappa shape index (κ1) is 14.9. The van der Waals surface area contributed by atoms with Crippen LogP contribution in [0.1, 0.15) is 30.2 Å². The molecule has 0 aliphatic rings. The molecule has 0 spiro atoms. The Hall–Kier alpha value is -2.50. The van der Waals surface area contributed by atoms with E-state index in [4.69, 9.17) is 9.47 Å². The van der Waals surface area contributed by atoms with E-state index in [1.807, 2.05) is 13.8 Å². The van der Waals surface area contributed by atoms with Gasteiger partial charge in [0.15, 0.2) is 11.5 Å². The second kappa shape index (κ2) is 6.30. The summed E-state index contributed by atoms with van der Waals surface area (Å²) < 4.78 is 12.1. The minimum absolute atomic E-state index is 0.167. The molecular formula is C15H19N3O3. The van der Waals surface area contributed by atoms with E-state index < -0.39 is 0 Å². The van der Waals surface area contributed by atoms with E-state index in [0.29, 0.717) is 22.9 Å². The second-order valence-corrected chi connectivity index (χ2v) is 4.78. The summed E-state index contributed by atoms with van der Waals surface area (Å²) in [6.45, 7) is 4.00. The second-order valence-electron chi connectivity index (χ2n) is 4.78. The van der Waals surface area contributed by atoms with Crippen molar-refractivity contribution >= 4 is 11.7 Å². The SMILES string of the molecule is COc1ccc(C(=O)Nc2ccnn2C(C)C)cc1OC. The van der Waals surface area contributed by atoms with E-state index in [1.54, 1.807) is 42.3 Å². The normalized spacial score (nSPS) is 10.5. The zero-order valence-corrected chi connectivity index (χ0v) is 12.6. The largest absolute Gasteiger partial charge is 0.493 e. The molecule has 0 atom stereocenters. The zero-order chi connectivity index (χ0) is 15.4. The molecule has 0 saturated heterocycles. The Bertz CT molecular complexity index is 635. The fraction of sp³-hybridized carbons (Fsp3) is 0.333. The molecule has 0 aliphatic carbocycles. The molecule has 1 N–H and O–H groups in total. The maximum atomic E-state index is 12.3. The van der Waals surface area contributed by atoms with Gasteiger partial charge in [0, 0.05) is 17.7 Å². The lowest BCUT2D eigenvalue weighted by Gasteiger charge is -2.13. The minimum atomic E-state index is -0.224. The van der Waals surface area contributed by atoms with Crippen LogP contribution < -0.4 is 14.8 Å². The van der Waals surface area contributed by atoms with Crippen LogP contribution in [0.2, 0.25) is 0 Å². The molecule has 2 rings (SSSR count). The number of nitrogens with one attached hydrogen (secondary N) is 1. The molecule has 6 nitrogen and oxygen atoms in total. The molecule has 0 aliphatic heterocycles. The van der Waals surface area contributed by atoms with Crippen LogP contribution in [-0.2, 0) is 0 Å². The maximum Gasteiger partial charge on any atom is 0.256 e. The van der Waals surface area contributed by atoms with Gasteiger partial charge in [-0.1, -0.05) is 0 Å². The molecule has 6 heteroatoms. The number of benzene rings is 1. The molecule has 1 amide bonds. The number of rotatable bonds is 5. The summed E-state index contributed by atoms with van der Waals surface area (Å²) in [5.41, 5.74) is 0.490. The van der Waals surface area contributed by atoms with Crippen molar-refractivity contribution in [1.29, 1.82) is 0 Å². The summed E-state index contributed by atoms with van der Waals surface area (Å²) >= 11 is 0. The topological polar surface area (TPSA) is 65.4 Å². The lowest BCUT2D eigenvalue weighted by molar-refractivity contribution is 0.102. The van der Waals surface area contributed by atoms with E-state index in [0.717, 1.165) is 0 Å². The van der Waals surface area contributed by atoms with Crippen LogP contribution in [0.3, 0.4) is 0 Å². The maximum absolute atomic E-state index is 12.3. The monoisotopic (exact) mass is 289 g/mol. The molecular weight excluding hydrogens is 270 g/mol. The van der Waals surface area contributed by atoms with Gasteiger partial charge < -0.3 is 14.8 Å². The zero-order valence-electron chi connectivity index (χ0n) is 12.6. The van der Waals surface area contributed by atoms with Crippen molar-refractivity contribution in [2.75, 3.05) is 19.5 Å². The van der Waals surface area contributed by atoms with E-state index >= 15 is 0 Å². The Balaban J connectivity index is 2.22. The molecule has 1 heterocycles. The first-order chi connectivity index (χ1) is 10.1. The summed E-state index contributed by atoms with van der Waals surface area (Å²) in [7, 11) is 3.09. The summed E-state index contributed by atoms with van der Waals surface area (Å²) in [6.07, 6.45) is 1.66. The number of hydrogen-bond donors (Lipinski definition) is 1. The summed E-state index contributed by atoms with van der Waals surface area (Å²) in [4.78, 5) is 12.3. The van der Waals surface area contributed by atoms with E-state index in [9.17, 15) is 4.79 Å². The third kappa shape index (κ3) is 3.16. The van der Waals surface area contributed by atoms with Gasteiger partial charge in [0.2, 0.25) is 0 Å². The number of carbonyl (C=O) groups is 1. The van der Waals surface area contributed by atoms with Crippen LogP contribution in [-0.4, -0.2) is 29.9 Å². The van der Waals surface area contributed by atoms with Crippen LogP contribution in [0.15, 0.2) is 30.5 Å². The fourth-order valence-corrected chi connectivity index (χ4v) is 1.99. The molecule has 0 fully saturated rings. The highest BCUT2D eigenvalue weighted by molar-refractivity contribution is 6.04. The Morgan fingerprint density at radius 1 is 1.19 bits per heavy atom. The summed E-state index contributed by atoms with van der Waals surface area (Å²) in [6, 6.07) is 6.96. The fourth-order valence-electron chi connectivity index (χ4n) is 1.99. The Kier molecular flexibility index (Phi) is 4.47. The van der Waals surface area contributed by atoms with Crippen molar-refractivity contribution in [1.82, 2.24) is 9.78 Å². The van der Waals surface area contributed by atoms with Gasteiger partial charge in [-0.25, -0.2) is 4.68 Å². The van der Waals surface area contributed by atoms with Crippen molar-refractivity contribution < 1.29 is 14.3 Å². The average Bonchev–Trinajstić information content (AvgIpc) is 2.94. The number of amides is 1. The average molecular weight is 289 g/mol. The van der Waals surface area contributed by atoms with Crippen LogP contribution in [0.4, 0.5) is 5.82 Å². The molecule has 1 aromatic carbocycles. The van der Waals surface area contributed by atoms with E-state index in [2.05, 4.69) is 10.4 Å². The van der Waals surface area contributed by atoms with Gasteiger partial charge in [-0.2, -0.15) is 5.10 Å². The van der Waals surface area contributed by atoms with E-state index in [1.165, 1.54) is 7.11 Å². The van der Waals surface area contributed by atoms with Gasteiger partial charge in [-0.05, 0) is 32.0 Å². The quantitative estimate of drug-likeness (QED) is 0.919. The number of hydrogen-bond acceptors (Lipinski definition) is 4. The predicted octanol–water partition coefficient (Wildman–Crippen LogP) is 2.73. The molecule has 0 bridgehead atoms. The van der Waals surface area contributed by atoms with Gasteiger partial charge in [0.25, 0.3) is 5.91 Å². The number of methoxy groups -OCH3 is 2. The first-order valence-electron chi connectivity index (χ1n) is 6.63. The van der Waals surface area contributed by atoms with Crippen molar-refractivity contribution in [3.8, 4) is 11.5 Å². The molecule has 0 unspecified atom stereocenters. The highest BCUT2D eigenvalue weighted by atomic mass is 16.5. The third-order valence-corrected chi connectivity index (χ3v) is 3.05. The third-order valence-electron chi connectivity index (χ3n) is 3.05. The minimum Gasteiger partial charge on any atom is -0.493 e. The van der Waals surface area contributed by atoms with Crippen molar-refractivity contribution in [2.45, 2.75) is 19.9 Å². The number of ether oxygens (including phenoxy) is 2. The molecule has 0 radical (unpaired) electrons. The van der Waals surface area contributed by atoms with Crippen molar-refractivity contribution in [3.05, 3.63) is 36.0 Å². The number of nitrogens with zero attached hydrogens (tertiary/aromatic N) is 2. The smallest absolute Gasteiger partial charge is 0.256 e. The van der Waals surface area contributed by atoms with Gasteiger partial charge in [0.05, 0.1) is 20.4 Å². The predicted molar refractivity (Wildman–Crippen MR) is 80.1 cm³/mol. The van der Waals surface area contributed by atoms with E-state index in [-0.39, 0.29) is 11.9 Å². The summed E-state index contributed by atoms with van der Waals surface area (Å²) in [5.74, 6) is 1.53. The Morgan fingerprint density at radius 2 is 1.90 bits per heavy atom. The lowest BCUT2D eigenvalue weighted by Crippen LogP contribution is -2.16. The number of aromatic nitrogens is 2. The summed E-state index contributed by atoms with van der Waals surface area (Å²) in [5, 5.41) is 7.02. The Morgan fingerprint density at radius 3 is 2.52 bits per heavy atom. The first-order valence-corrected chi connectivity index (χ1v) is 6.63. The standard InChI is InChI=1S/C15H19N3O3/c1-10(2)18-14(7-8-16-18)17-15(19)11-5-6-12(20-3)13(9-11)21-4/h5-10H,1-4H3,(H,17,19). The number of anilines is 1. The van der Waals surface area contributed by atoms with Crippen molar-refractivity contribution in [2.24, 2.45) is 0 Å². The lowest BCUT2D eigenvalue weighted by atomic mass is 10.2. The highest BCUT2D eigenvalue weighted by Gasteiger charge is 2.13. The van der Waals surface area contributed by atoms with Crippen LogP contribution in [0.25, 0.3) is 0 Å². The highest BCUT2D eigenvalue weighted by Crippen LogP contribution is 2.28. The molecule has 21 heavy (non-hydrogen) atoms. The van der Waals surface area contributed by atoms with Crippen LogP contribution in [0.5, 0.6) is 11.5 Å². The van der Waals surface area contributed by atoms with Crippen LogP contribution in [0, 0.1) is 0 Å². The van der Waals surface area contributed by atoms with Crippen molar-refractivity contribution in [3.63, 3.8) is 0 Å². The molecule has 0 saturated carbocycles. The molecule has 2 aromatic rings. The van der Waals surface area contributed by atoms with Gasteiger partial charge in [-0.15, -0.1) is 0 Å². The molecule has 112 valence electrons. The Labute approximate surface area is 123 Å². The van der Waals surface area contributed by atoms with Gasteiger partial charge >= 0.3 is 0 Å². The van der Waals surface area contributed by atoms with Crippen LogP contribution >= 0.6 is 0 Å². The molecule has 1 aromatic heterocycles. The van der Waals surface area contributed by atoms with Gasteiger partial charge in [-0.3, -0.25) is 4.79 Å². The number of carbonyl (C=O) groups excluding carboxylic acids is 1. The van der Waals surface area contributed by atoms with Gasteiger partial charge in [0.1, 0.15) is 5.82 Å².